The molecule has 1 aromatic carbocycles. The third-order valence-electron chi connectivity index (χ3n) is 2.48. The summed E-state index contributed by atoms with van der Waals surface area (Å²) in [5, 5.41) is 0.641. The Morgan fingerprint density at radius 2 is 2.00 bits per heavy atom. The van der Waals surface area contributed by atoms with Gasteiger partial charge in [0.05, 0.1) is 27.6 Å². The first-order valence-electron chi connectivity index (χ1n) is 5.04. The molecule has 0 aliphatic rings. The maximum atomic E-state index is 12.1. The number of thioether (sulfide) groups is 1. The number of methoxy groups -OCH3 is 2. The molecule has 96 valence electrons. The molecule has 0 N–H and O–H groups in total. The Kier molecular flexibility index (Phi) is 4.19. The van der Waals surface area contributed by atoms with Gasteiger partial charge in [0.15, 0.2) is 16.9 Å². The maximum absolute atomic E-state index is 12.1. The van der Waals surface area contributed by atoms with Crippen LogP contribution in [0.5, 0.6) is 11.5 Å². The Balaban J connectivity index is 2.90. The molecule has 0 atom stereocenters. The zero-order valence-corrected chi connectivity index (χ0v) is 13.3. The van der Waals surface area contributed by atoms with Crippen LogP contribution in [-0.4, -0.2) is 20.5 Å². The van der Waals surface area contributed by atoms with Crippen molar-refractivity contribution >= 4 is 49.1 Å². The Hall–Kier alpha value is -0.720. The second-order valence-electron chi connectivity index (χ2n) is 3.44. The van der Waals surface area contributed by atoms with E-state index in [0.717, 1.165) is 13.4 Å². The fourth-order valence-corrected chi connectivity index (χ4v) is 4.07. The molecule has 0 unspecified atom stereocenters. The third kappa shape index (κ3) is 2.24. The lowest BCUT2D eigenvalue weighted by atomic mass is 10.2. The summed E-state index contributed by atoms with van der Waals surface area (Å²) >= 11 is 6.60. The van der Waals surface area contributed by atoms with Gasteiger partial charge in [0.1, 0.15) is 0 Å². The quantitative estimate of drug-likeness (QED) is 0.792. The van der Waals surface area contributed by atoms with Gasteiger partial charge in [-0.2, -0.15) is 0 Å². The molecule has 0 saturated heterocycles. The van der Waals surface area contributed by atoms with E-state index in [-0.39, 0.29) is 5.43 Å². The lowest BCUT2D eigenvalue weighted by Gasteiger charge is -2.11. The van der Waals surface area contributed by atoms with Crippen LogP contribution in [0.2, 0.25) is 0 Å². The van der Waals surface area contributed by atoms with Gasteiger partial charge < -0.3 is 9.47 Å². The maximum Gasteiger partial charge on any atom is 0.189 e. The van der Waals surface area contributed by atoms with Crippen LogP contribution in [0.25, 0.3) is 10.1 Å². The van der Waals surface area contributed by atoms with Crippen molar-refractivity contribution in [1.29, 1.82) is 0 Å². The number of benzene rings is 1. The van der Waals surface area contributed by atoms with Crippen molar-refractivity contribution in [3.05, 3.63) is 26.8 Å². The predicted molar refractivity (Wildman–Crippen MR) is 80.7 cm³/mol. The lowest BCUT2D eigenvalue weighted by Crippen LogP contribution is -2.01. The summed E-state index contributed by atoms with van der Waals surface area (Å²) < 4.78 is 13.2. The summed E-state index contributed by atoms with van der Waals surface area (Å²) in [5.74, 6) is 1.16. The number of rotatable bonds is 3. The zero-order valence-electron chi connectivity index (χ0n) is 10.1. The van der Waals surface area contributed by atoms with Gasteiger partial charge in [-0.15, -0.1) is 23.1 Å². The molecule has 2 rings (SSSR count). The van der Waals surface area contributed by atoms with Crippen LogP contribution in [0.1, 0.15) is 0 Å². The van der Waals surface area contributed by atoms with Crippen LogP contribution >= 0.6 is 39.0 Å². The molecule has 0 spiro atoms. The predicted octanol–water partition coefficient (Wildman–Crippen LogP) is 3.76. The number of hydrogen-bond acceptors (Lipinski definition) is 5. The van der Waals surface area contributed by atoms with Gasteiger partial charge in [0.2, 0.25) is 0 Å². The molecule has 0 radical (unpaired) electrons. The Morgan fingerprint density at radius 1 is 1.28 bits per heavy atom. The second kappa shape index (κ2) is 5.50. The van der Waals surface area contributed by atoms with Crippen molar-refractivity contribution in [2.75, 3.05) is 20.5 Å². The van der Waals surface area contributed by atoms with Gasteiger partial charge >= 0.3 is 0 Å². The zero-order chi connectivity index (χ0) is 13.3. The van der Waals surface area contributed by atoms with Crippen molar-refractivity contribution < 1.29 is 9.47 Å². The molecule has 1 heterocycles. The molecule has 2 aromatic rings. The van der Waals surface area contributed by atoms with Gasteiger partial charge in [0, 0.05) is 11.5 Å². The second-order valence-corrected chi connectivity index (χ2v) is 6.39. The van der Waals surface area contributed by atoms with Gasteiger partial charge in [0.25, 0.3) is 0 Å². The largest absolute Gasteiger partial charge is 0.493 e. The fourth-order valence-electron chi connectivity index (χ4n) is 1.63. The van der Waals surface area contributed by atoms with Gasteiger partial charge in [-0.25, -0.2) is 0 Å². The van der Waals surface area contributed by atoms with Gasteiger partial charge in [-0.1, -0.05) is 0 Å². The molecule has 0 bridgehead atoms. The van der Waals surface area contributed by atoms with E-state index in [2.05, 4.69) is 15.9 Å². The fraction of sp³-hybridized carbons (Fsp3) is 0.250. The van der Waals surface area contributed by atoms with E-state index in [9.17, 15) is 4.79 Å². The Labute approximate surface area is 121 Å². The minimum atomic E-state index is -0.00486. The van der Waals surface area contributed by atoms with Crippen molar-refractivity contribution in [3.63, 3.8) is 0 Å². The van der Waals surface area contributed by atoms with Crippen molar-refractivity contribution in [3.8, 4) is 11.5 Å². The highest BCUT2D eigenvalue weighted by molar-refractivity contribution is 9.10. The molecule has 0 saturated carbocycles. The van der Waals surface area contributed by atoms with E-state index in [1.807, 2.05) is 6.26 Å². The number of hydrogen-bond donors (Lipinski definition) is 0. The number of fused-ring (bicyclic) bond motifs is 1. The minimum Gasteiger partial charge on any atom is -0.493 e. The SMILES string of the molecule is COc1cc2c(=O)cc(SC)sc2c(Br)c1OC. The third-order valence-corrected chi connectivity index (χ3v) is 5.72. The van der Waals surface area contributed by atoms with E-state index < -0.39 is 0 Å². The molecule has 1 aromatic heterocycles. The number of ether oxygens (including phenoxy) is 2. The van der Waals surface area contributed by atoms with E-state index >= 15 is 0 Å². The summed E-state index contributed by atoms with van der Waals surface area (Å²) in [6.07, 6.45) is 1.95. The monoisotopic (exact) mass is 346 g/mol. The van der Waals surface area contributed by atoms with Crippen molar-refractivity contribution in [2.45, 2.75) is 4.21 Å². The first-order valence-corrected chi connectivity index (χ1v) is 7.88. The van der Waals surface area contributed by atoms with Crippen LogP contribution in [0.3, 0.4) is 0 Å². The van der Waals surface area contributed by atoms with Crippen LogP contribution in [0.15, 0.2) is 25.6 Å². The molecule has 3 nitrogen and oxygen atoms in total. The minimum absolute atomic E-state index is 0.00486. The van der Waals surface area contributed by atoms with Crippen molar-refractivity contribution in [1.82, 2.24) is 0 Å². The Morgan fingerprint density at radius 3 is 2.56 bits per heavy atom. The summed E-state index contributed by atoms with van der Waals surface area (Å²) in [6, 6.07) is 3.37. The summed E-state index contributed by atoms with van der Waals surface area (Å²) in [7, 11) is 3.13. The molecular weight excluding hydrogens is 336 g/mol. The highest BCUT2D eigenvalue weighted by atomic mass is 79.9. The highest BCUT2D eigenvalue weighted by Gasteiger charge is 2.16. The molecule has 6 heteroatoms. The molecule has 18 heavy (non-hydrogen) atoms. The highest BCUT2D eigenvalue weighted by Crippen LogP contribution is 2.42. The van der Waals surface area contributed by atoms with E-state index in [1.165, 1.54) is 0 Å². The standard InChI is InChI=1S/C12H11BrO3S2/c1-15-8-4-6-7(14)5-9(17-3)18-12(6)10(13)11(8)16-2/h4-5H,1-3H3. The van der Waals surface area contributed by atoms with E-state index in [4.69, 9.17) is 9.47 Å². The van der Waals surface area contributed by atoms with E-state index in [1.54, 1.807) is 49.5 Å². The Bertz CT molecular complexity index is 652. The summed E-state index contributed by atoms with van der Waals surface area (Å²) in [6.45, 7) is 0. The molecular formula is C12H11BrO3S2. The molecule has 0 aliphatic carbocycles. The average Bonchev–Trinajstić information content (AvgIpc) is 2.39. The van der Waals surface area contributed by atoms with Crippen LogP contribution in [0.4, 0.5) is 0 Å². The molecule has 0 fully saturated rings. The lowest BCUT2D eigenvalue weighted by molar-refractivity contribution is 0.354. The normalized spacial score (nSPS) is 10.7. The average molecular weight is 347 g/mol. The van der Waals surface area contributed by atoms with E-state index in [0.29, 0.717) is 16.9 Å². The molecule has 0 aliphatic heterocycles. The number of halogens is 1. The summed E-state index contributed by atoms with van der Waals surface area (Å²) in [4.78, 5) is 12.1. The van der Waals surface area contributed by atoms with Crippen LogP contribution < -0.4 is 14.9 Å². The topological polar surface area (TPSA) is 35.5 Å². The van der Waals surface area contributed by atoms with Gasteiger partial charge in [-0.3, -0.25) is 4.79 Å². The van der Waals surface area contributed by atoms with Crippen LogP contribution in [0, 0.1) is 0 Å². The smallest absolute Gasteiger partial charge is 0.189 e. The van der Waals surface area contributed by atoms with Crippen molar-refractivity contribution in [2.24, 2.45) is 0 Å². The molecule has 0 amide bonds. The van der Waals surface area contributed by atoms with Crippen LogP contribution in [-0.2, 0) is 0 Å². The first kappa shape index (κ1) is 13.7. The van der Waals surface area contributed by atoms with Gasteiger partial charge in [-0.05, 0) is 28.3 Å². The summed E-state index contributed by atoms with van der Waals surface area (Å²) in [5.41, 5.74) is -0.00486. The first-order chi connectivity index (χ1) is 8.62.